The number of carbonyl (C=O) groups is 2. The minimum Gasteiger partial charge on any atom is -0.458 e. The molecule has 0 saturated carbocycles. The van der Waals surface area contributed by atoms with Crippen LogP contribution in [0.15, 0.2) is 48.5 Å². The van der Waals surface area contributed by atoms with Gasteiger partial charge in [-0.25, -0.2) is 9.59 Å². The van der Waals surface area contributed by atoms with E-state index >= 15 is 0 Å². The Bertz CT molecular complexity index is 676. The first-order chi connectivity index (χ1) is 10.1. The Hall–Kier alpha value is -2.82. The molecule has 0 radical (unpaired) electrons. The first-order valence-electron chi connectivity index (χ1n) is 6.47. The van der Waals surface area contributed by atoms with Crippen molar-refractivity contribution < 1.29 is 19.1 Å². The first-order valence-corrected chi connectivity index (χ1v) is 6.47. The van der Waals surface area contributed by atoms with Gasteiger partial charge >= 0.3 is 11.9 Å². The van der Waals surface area contributed by atoms with Crippen molar-refractivity contribution >= 4 is 17.6 Å². The number of ether oxygens (including phenoxy) is 2. The summed E-state index contributed by atoms with van der Waals surface area (Å²) in [7, 11) is 0. The van der Waals surface area contributed by atoms with E-state index in [1.54, 1.807) is 48.5 Å². The lowest BCUT2D eigenvalue weighted by Gasteiger charge is -2.20. The number of rotatable bonds is 1. The third-order valence-electron chi connectivity index (χ3n) is 3.28. The molecule has 0 saturated heterocycles. The van der Waals surface area contributed by atoms with Gasteiger partial charge in [-0.05, 0) is 42.0 Å². The summed E-state index contributed by atoms with van der Waals surface area (Å²) in [6.07, 6.45) is -0.656. The zero-order chi connectivity index (χ0) is 14.8. The van der Waals surface area contributed by atoms with Crippen LogP contribution in [-0.2, 0) is 9.47 Å². The van der Waals surface area contributed by atoms with Crippen LogP contribution in [0.1, 0.15) is 32.4 Å². The predicted molar refractivity (Wildman–Crippen MR) is 75.7 cm³/mol. The number of hydrogen-bond acceptors (Lipinski definition) is 5. The molecule has 2 aromatic carbocycles. The maximum Gasteiger partial charge on any atom is 0.338 e. The highest BCUT2D eigenvalue weighted by Gasteiger charge is 2.22. The van der Waals surface area contributed by atoms with Crippen LogP contribution in [0.25, 0.3) is 0 Å². The molecule has 2 heterocycles. The highest BCUT2D eigenvalue weighted by Crippen LogP contribution is 2.23. The normalized spacial score (nSPS) is 18.0. The van der Waals surface area contributed by atoms with E-state index in [1.807, 2.05) is 0 Å². The van der Waals surface area contributed by atoms with Gasteiger partial charge in [0.25, 0.3) is 0 Å². The summed E-state index contributed by atoms with van der Waals surface area (Å²) in [4.78, 5) is 24.0. The predicted octanol–water partition coefficient (Wildman–Crippen LogP) is 2.34. The molecule has 2 aliphatic heterocycles. The lowest BCUT2D eigenvalue weighted by Crippen LogP contribution is -2.20. The van der Waals surface area contributed by atoms with Gasteiger partial charge in [-0.3, -0.25) is 0 Å². The van der Waals surface area contributed by atoms with Crippen molar-refractivity contribution in [1.29, 1.82) is 0 Å². The average Bonchev–Trinajstić information content (AvgIpc) is 2.51. The number of esters is 2. The minimum absolute atomic E-state index is 0.0348. The SMILES string of the molecule is Nc1ccc(C2COC(=O)c3ccc(cc3)C(=O)O2)cc1. The van der Waals surface area contributed by atoms with Crippen LogP contribution in [0.4, 0.5) is 5.69 Å². The fraction of sp³-hybridized carbons (Fsp3) is 0.125. The van der Waals surface area contributed by atoms with E-state index in [9.17, 15) is 9.59 Å². The number of hydrogen-bond donors (Lipinski definition) is 1. The van der Waals surface area contributed by atoms with Crippen molar-refractivity contribution in [3.8, 4) is 0 Å². The number of benzene rings is 2. The molecular formula is C16H13NO4. The van der Waals surface area contributed by atoms with Gasteiger partial charge in [-0.1, -0.05) is 12.1 Å². The fourth-order valence-electron chi connectivity index (χ4n) is 2.08. The van der Waals surface area contributed by atoms with Crippen molar-refractivity contribution in [2.75, 3.05) is 12.3 Å². The Morgan fingerprint density at radius 1 is 0.857 bits per heavy atom. The zero-order valence-corrected chi connectivity index (χ0v) is 11.1. The van der Waals surface area contributed by atoms with Crippen molar-refractivity contribution in [2.45, 2.75) is 6.10 Å². The van der Waals surface area contributed by atoms with E-state index in [-0.39, 0.29) is 6.61 Å². The standard InChI is InChI=1S/C16H13NO4/c17-13-7-5-10(6-8-13)14-9-20-15(18)11-1-3-12(4-2-11)16(19)21-14/h1-8,14H,9,17H2. The highest BCUT2D eigenvalue weighted by molar-refractivity contribution is 5.93. The van der Waals surface area contributed by atoms with Crippen molar-refractivity contribution in [3.05, 3.63) is 65.2 Å². The Balaban J connectivity index is 1.93. The number of fused-ring (bicyclic) bond motifs is 7. The molecule has 1 atom stereocenters. The molecule has 4 rings (SSSR count). The van der Waals surface area contributed by atoms with E-state index in [0.29, 0.717) is 16.8 Å². The van der Waals surface area contributed by atoms with Crippen LogP contribution >= 0.6 is 0 Å². The largest absolute Gasteiger partial charge is 0.458 e. The lowest BCUT2D eigenvalue weighted by atomic mass is 10.1. The molecular weight excluding hydrogens is 270 g/mol. The molecule has 21 heavy (non-hydrogen) atoms. The van der Waals surface area contributed by atoms with Gasteiger partial charge in [0.15, 0.2) is 6.10 Å². The van der Waals surface area contributed by atoms with Gasteiger partial charge in [0.2, 0.25) is 0 Å². The maximum atomic E-state index is 12.1. The molecule has 2 bridgehead atoms. The number of carbonyl (C=O) groups excluding carboxylic acids is 2. The Kier molecular flexibility index (Phi) is 3.31. The Labute approximate surface area is 121 Å². The number of nitrogens with two attached hydrogens (primary N) is 1. The first kappa shape index (κ1) is 13.2. The van der Waals surface area contributed by atoms with Crippen LogP contribution in [0.5, 0.6) is 0 Å². The van der Waals surface area contributed by atoms with Gasteiger partial charge in [-0.2, -0.15) is 0 Å². The fourth-order valence-corrected chi connectivity index (χ4v) is 2.08. The highest BCUT2D eigenvalue weighted by atomic mass is 16.6. The van der Waals surface area contributed by atoms with E-state index < -0.39 is 18.0 Å². The number of nitrogen functional groups attached to an aromatic ring is 1. The van der Waals surface area contributed by atoms with Crippen LogP contribution in [0.2, 0.25) is 0 Å². The van der Waals surface area contributed by atoms with Gasteiger partial charge in [0, 0.05) is 5.69 Å². The third-order valence-corrected chi connectivity index (χ3v) is 3.28. The van der Waals surface area contributed by atoms with Crippen molar-refractivity contribution in [2.24, 2.45) is 0 Å². The molecule has 0 amide bonds. The van der Waals surface area contributed by atoms with Crippen LogP contribution < -0.4 is 5.73 Å². The van der Waals surface area contributed by atoms with E-state index in [0.717, 1.165) is 5.56 Å². The second-order valence-electron chi connectivity index (χ2n) is 4.74. The monoisotopic (exact) mass is 283 g/mol. The summed E-state index contributed by atoms with van der Waals surface area (Å²) in [5, 5.41) is 0. The Morgan fingerprint density at radius 3 is 2.05 bits per heavy atom. The van der Waals surface area contributed by atoms with Crippen LogP contribution in [0.3, 0.4) is 0 Å². The summed E-state index contributed by atoms with van der Waals surface area (Å²) in [6.45, 7) is -0.0348. The zero-order valence-electron chi connectivity index (χ0n) is 11.1. The van der Waals surface area contributed by atoms with Gasteiger partial charge in [0.1, 0.15) is 6.61 Å². The second-order valence-corrected chi connectivity index (χ2v) is 4.74. The molecule has 2 N–H and O–H groups in total. The van der Waals surface area contributed by atoms with E-state index in [2.05, 4.69) is 0 Å². The van der Waals surface area contributed by atoms with Gasteiger partial charge in [-0.15, -0.1) is 0 Å². The molecule has 0 aromatic heterocycles. The maximum absolute atomic E-state index is 12.1. The van der Waals surface area contributed by atoms with Crippen molar-refractivity contribution in [3.63, 3.8) is 0 Å². The molecule has 1 unspecified atom stereocenters. The molecule has 2 aliphatic rings. The molecule has 2 aromatic rings. The van der Waals surface area contributed by atoms with Crippen molar-refractivity contribution in [1.82, 2.24) is 0 Å². The van der Waals surface area contributed by atoms with E-state index in [1.165, 1.54) is 0 Å². The summed E-state index contributed by atoms with van der Waals surface area (Å²) >= 11 is 0. The smallest absolute Gasteiger partial charge is 0.338 e. The molecule has 5 nitrogen and oxygen atoms in total. The second kappa shape index (κ2) is 5.28. The molecule has 106 valence electrons. The third kappa shape index (κ3) is 2.72. The summed E-state index contributed by atoms with van der Waals surface area (Å²) < 4.78 is 10.6. The average molecular weight is 283 g/mol. The summed E-state index contributed by atoms with van der Waals surface area (Å²) in [5.74, 6) is -0.902. The molecule has 0 fully saturated rings. The Morgan fingerprint density at radius 2 is 1.43 bits per heavy atom. The summed E-state index contributed by atoms with van der Waals surface area (Å²) in [6, 6.07) is 13.1. The van der Waals surface area contributed by atoms with E-state index in [4.69, 9.17) is 15.2 Å². The molecule has 0 aliphatic carbocycles. The molecule has 0 spiro atoms. The topological polar surface area (TPSA) is 78.6 Å². The summed E-state index contributed by atoms with van der Waals surface area (Å²) in [5.41, 5.74) is 7.77. The lowest BCUT2D eigenvalue weighted by molar-refractivity contribution is -0.00185. The molecule has 5 heteroatoms. The minimum atomic E-state index is -0.656. The number of anilines is 1. The van der Waals surface area contributed by atoms with Crippen LogP contribution in [-0.4, -0.2) is 18.5 Å². The van der Waals surface area contributed by atoms with Gasteiger partial charge in [0.05, 0.1) is 11.1 Å². The van der Waals surface area contributed by atoms with Gasteiger partial charge < -0.3 is 15.2 Å². The quantitative estimate of drug-likeness (QED) is 0.642. The van der Waals surface area contributed by atoms with Crippen LogP contribution in [0, 0.1) is 0 Å².